The normalized spacial score (nSPS) is 23.5. The van der Waals surface area contributed by atoms with Crippen molar-refractivity contribution in [2.45, 2.75) is 30.9 Å². The Hall–Kier alpha value is -1.27. The third-order valence-corrected chi connectivity index (χ3v) is 5.17. The molecule has 0 spiro atoms. The Bertz CT molecular complexity index is 584. The first-order valence-electron chi connectivity index (χ1n) is 5.75. The molecule has 5 nitrogen and oxygen atoms in total. The second-order valence-corrected chi connectivity index (χ2v) is 6.55. The molecule has 0 bridgehead atoms. The van der Waals surface area contributed by atoms with Gasteiger partial charge in [0.1, 0.15) is 12.1 Å². The van der Waals surface area contributed by atoms with Crippen molar-refractivity contribution in [2.24, 2.45) is 0 Å². The number of hydrogen-bond donors (Lipinski definition) is 0. The zero-order valence-electron chi connectivity index (χ0n) is 10.5. The van der Waals surface area contributed by atoms with Crippen LogP contribution in [0, 0.1) is 6.92 Å². The molecule has 0 aliphatic carbocycles. The van der Waals surface area contributed by atoms with Gasteiger partial charge < -0.3 is 4.74 Å². The van der Waals surface area contributed by atoms with Crippen LogP contribution in [0.3, 0.4) is 0 Å². The largest absolute Gasteiger partial charge is 0.443 e. The minimum Gasteiger partial charge on any atom is -0.443 e. The molecule has 0 saturated carbocycles. The Morgan fingerprint density at radius 3 is 2.42 bits per heavy atom. The molecule has 1 aromatic carbocycles. The molecule has 2 atom stereocenters. The van der Waals surface area contributed by atoms with E-state index in [1.165, 1.54) is 12.1 Å². The molecule has 1 aliphatic rings. The highest BCUT2D eigenvalue weighted by Crippen LogP contribution is 2.28. The molecule has 1 fully saturated rings. The molecule has 1 saturated heterocycles. The predicted octanol–water partition coefficient (Wildman–Crippen LogP) is 2.13. The number of benzene rings is 1. The zero-order valence-corrected chi connectivity index (χ0v) is 12.1. The van der Waals surface area contributed by atoms with Crippen molar-refractivity contribution in [1.82, 2.24) is 4.31 Å². The maximum absolute atomic E-state index is 12.4. The molecule has 0 aromatic heterocycles. The molecule has 7 heteroatoms. The van der Waals surface area contributed by atoms with Crippen molar-refractivity contribution in [3.05, 3.63) is 29.8 Å². The van der Waals surface area contributed by atoms with Gasteiger partial charge in [-0.25, -0.2) is 13.2 Å². The zero-order chi connectivity index (χ0) is 14.2. The number of carbonyl (C=O) groups excluding carboxylic acids is 1. The van der Waals surface area contributed by atoms with E-state index < -0.39 is 28.3 Å². The summed E-state index contributed by atoms with van der Waals surface area (Å²) in [4.78, 5) is 11.8. The minimum absolute atomic E-state index is 0.00199. The van der Waals surface area contributed by atoms with Crippen molar-refractivity contribution >= 4 is 27.7 Å². The Kier molecular flexibility index (Phi) is 3.73. The lowest BCUT2D eigenvalue weighted by atomic mass is 10.2. The smallest absolute Gasteiger partial charge is 0.424 e. The van der Waals surface area contributed by atoms with Crippen molar-refractivity contribution in [2.75, 3.05) is 5.88 Å². The summed E-state index contributed by atoms with van der Waals surface area (Å²) in [6.07, 6.45) is -1.43. The van der Waals surface area contributed by atoms with Crippen LogP contribution in [0.1, 0.15) is 12.5 Å². The van der Waals surface area contributed by atoms with Gasteiger partial charge in [0.05, 0.1) is 4.90 Å². The number of nitrogens with zero attached hydrogens (tertiary/aromatic N) is 1. The molecule has 1 aromatic rings. The number of sulfonamides is 1. The average Bonchev–Trinajstić information content (AvgIpc) is 2.64. The Morgan fingerprint density at radius 2 is 1.89 bits per heavy atom. The third-order valence-electron chi connectivity index (χ3n) is 3.05. The Balaban J connectivity index is 2.44. The first kappa shape index (κ1) is 14.1. The van der Waals surface area contributed by atoms with Crippen LogP contribution in [0.25, 0.3) is 0 Å². The van der Waals surface area contributed by atoms with Crippen molar-refractivity contribution in [3.63, 3.8) is 0 Å². The highest BCUT2D eigenvalue weighted by molar-refractivity contribution is 7.89. The van der Waals surface area contributed by atoms with Gasteiger partial charge in [-0.1, -0.05) is 17.7 Å². The van der Waals surface area contributed by atoms with Crippen LogP contribution >= 0.6 is 11.6 Å². The molecule has 1 amide bonds. The second kappa shape index (κ2) is 5.02. The van der Waals surface area contributed by atoms with Gasteiger partial charge in [-0.3, -0.25) is 0 Å². The number of cyclic esters (lactones) is 1. The van der Waals surface area contributed by atoms with E-state index in [4.69, 9.17) is 16.3 Å². The number of aryl methyl sites for hydroxylation is 1. The van der Waals surface area contributed by atoms with Crippen molar-refractivity contribution < 1.29 is 17.9 Å². The number of ether oxygens (including phenoxy) is 1. The molecular formula is C12H14ClNO4S. The maximum Gasteiger partial charge on any atom is 0.424 e. The SMILES string of the molecule is Cc1ccc(S(=O)(=O)N2C(=O)O[C@@H](C)[C@@H]2CCl)cc1. The van der Waals surface area contributed by atoms with Gasteiger partial charge in [-0.15, -0.1) is 11.6 Å². The number of halogens is 1. The minimum atomic E-state index is -3.92. The molecule has 1 aliphatic heterocycles. The predicted molar refractivity (Wildman–Crippen MR) is 70.7 cm³/mol. The van der Waals surface area contributed by atoms with E-state index in [0.717, 1.165) is 9.87 Å². The van der Waals surface area contributed by atoms with Gasteiger partial charge in [-0.2, -0.15) is 4.31 Å². The number of rotatable bonds is 3. The Morgan fingerprint density at radius 1 is 1.32 bits per heavy atom. The van der Waals surface area contributed by atoms with E-state index in [-0.39, 0.29) is 10.8 Å². The van der Waals surface area contributed by atoms with E-state index in [1.54, 1.807) is 19.1 Å². The van der Waals surface area contributed by atoms with Gasteiger partial charge in [0, 0.05) is 5.88 Å². The third kappa shape index (κ3) is 2.42. The van der Waals surface area contributed by atoms with Crippen molar-refractivity contribution in [3.8, 4) is 0 Å². The van der Waals surface area contributed by atoms with Crippen LogP contribution in [0.4, 0.5) is 4.79 Å². The average molecular weight is 304 g/mol. The van der Waals surface area contributed by atoms with Crippen LogP contribution in [0.15, 0.2) is 29.2 Å². The lowest BCUT2D eigenvalue weighted by molar-refractivity contribution is 0.141. The van der Waals surface area contributed by atoms with Gasteiger partial charge in [0.15, 0.2) is 0 Å². The Labute approximate surface area is 117 Å². The summed E-state index contributed by atoms with van der Waals surface area (Å²) in [6, 6.07) is 5.60. The molecule has 0 N–H and O–H groups in total. The van der Waals surface area contributed by atoms with E-state index in [2.05, 4.69) is 0 Å². The van der Waals surface area contributed by atoms with E-state index in [0.29, 0.717) is 0 Å². The fourth-order valence-electron chi connectivity index (χ4n) is 1.90. The highest BCUT2D eigenvalue weighted by Gasteiger charge is 2.46. The molecule has 1 heterocycles. The quantitative estimate of drug-likeness (QED) is 0.803. The molecule has 104 valence electrons. The molecule has 2 rings (SSSR count). The van der Waals surface area contributed by atoms with Gasteiger partial charge in [-0.05, 0) is 26.0 Å². The lowest BCUT2D eigenvalue weighted by Gasteiger charge is -2.20. The van der Waals surface area contributed by atoms with Crippen LogP contribution in [-0.4, -0.2) is 36.8 Å². The summed E-state index contributed by atoms with van der Waals surface area (Å²) in [7, 11) is -3.92. The first-order valence-corrected chi connectivity index (χ1v) is 7.73. The first-order chi connectivity index (χ1) is 8.87. The summed E-state index contributed by atoms with van der Waals surface area (Å²) in [6.45, 7) is 3.47. The van der Waals surface area contributed by atoms with Gasteiger partial charge in [0.25, 0.3) is 10.0 Å². The summed E-state index contributed by atoms with van der Waals surface area (Å²) < 4.78 is 30.5. The number of amides is 1. The monoisotopic (exact) mass is 303 g/mol. The van der Waals surface area contributed by atoms with E-state index in [1.807, 2.05) is 6.92 Å². The standard InChI is InChI=1S/C12H14ClNO4S/c1-8-3-5-10(6-4-8)19(16,17)14-11(7-13)9(2)18-12(14)15/h3-6,9,11H,7H2,1-2H3/t9-,11-/m0/s1. The molecule has 19 heavy (non-hydrogen) atoms. The lowest BCUT2D eigenvalue weighted by Crippen LogP contribution is -2.41. The van der Waals surface area contributed by atoms with Crippen LogP contribution in [0.2, 0.25) is 0 Å². The summed E-state index contributed by atoms with van der Waals surface area (Å²) in [5.41, 5.74) is 0.935. The van der Waals surface area contributed by atoms with Gasteiger partial charge >= 0.3 is 6.09 Å². The molecular weight excluding hydrogens is 290 g/mol. The van der Waals surface area contributed by atoms with Crippen LogP contribution in [-0.2, 0) is 14.8 Å². The summed E-state index contributed by atoms with van der Waals surface area (Å²) in [5.74, 6) is -0.00199. The van der Waals surface area contributed by atoms with Gasteiger partial charge in [0.2, 0.25) is 0 Å². The van der Waals surface area contributed by atoms with E-state index in [9.17, 15) is 13.2 Å². The van der Waals surface area contributed by atoms with Crippen LogP contribution < -0.4 is 0 Å². The fourth-order valence-corrected chi connectivity index (χ4v) is 3.92. The number of hydrogen-bond acceptors (Lipinski definition) is 4. The topological polar surface area (TPSA) is 63.7 Å². The number of carbonyl (C=O) groups is 1. The van der Waals surface area contributed by atoms with Crippen molar-refractivity contribution in [1.29, 1.82) is 0 Å². The summed E-state index contributed by atoms with van der Waals surface area (Å²) >= 11 is 5.74. The molecule has 0 unspecified atom stereocenters. The fraction of sp³-hybridized carbons (Fsp3) is 0.417. The second-order valence-electron chi connectivity index (χ2n) is 4.42. The van der Waals surface area contributed by atoms with E-state index >= 15 is 0 Å². The van der Waals surface area contributed by atoms with Crippen LogP contribution in [0.5, 0.6) is 0 Å². The summed E-state index contributed by atoms with van der Waals surface area (Å²) in [5, 5.41) is 0. The maximum atomic E-state index is 12.4. The molecule has 0 radical (unpaired) electrons. The number of alkyl halides is 1. The highest BCUT2D eigenvalue weighted by atomic mass is 35.5.